The molecule has 1 heterocycles. The standard InChI is InChI=1S/C27H31NO5/c29-14-3-4-15-32-24-9-5-8-23(17-24)25-12-13-28(27(30)31)18-26(25)33-19-20-10-11-21-6-1-2-7-22(21)16-20/h1-2,5-11,16-17,25-26,29H,3-4,12-15,18-19H2,(H,30,31)/p-1. The fourth-order valence-corrected chi connectivity index (χ4v) is 4.40. The van der Waals surface area contributed by atoms with Gasteiger partial charge in [-0.2, -0.15) is 0 Å². The van der Waals surface area contributed by atoms with E-state index in [9.17, 15) is 9.90 Å². The lowest BCUT2D eigenvalue weighted by Gasteiger charge is -2.40. The number of benzene rings is 3. The molecule has 1 aliphatic heterocycles. The van der Waals surface area contributed by atoms with Crippen molar-refractivity contribution in [2.24, 2.45) is 0 Å². The van der Waals surface area contributed by atoms with E-state index >= 15 is 0 Å². The first kappa shape index (κ1) is 23.1. The number of hydrogen-bond acceptors (Lipinski definition) is 5. The van der Waals surface area contributed by atoms with Crippen molar-refractivity contribution in [1.29, 1.82) is 0 Å². The van der Waals surface area contributed by atoms with Gasteiger partial charge in [0.1, 0.15) is 11.8 Å². The monoisotopic (exact) mass is 448 g/mol. The number of ether oxygens (including phenoxy) is 2. The highest BCUT2D eigenvalue weighted by Gasteiger charge is 2.31. The number of carboxylic acid groups (broad SMARTS) is 1. The van der Waals surface area contributed by atoms with Crippen LogP contribution >= 0.6 is 0 Å². The number of amides is 1. The highest BCUT2D eigenvalue weighted by molar-refractivity contribution is 5.82. The van der Waals surface area contributed by atoms with Crippen LogP contribution in [0.1, 0.15) is 36.3 Å². The van der Waals surface area contributed by atoms with Crippen molar-refractivity contribution in [1.82, 2.24) is 4.90 Å². The fourth-order valence-electron chi connectivity index (χ4n) is 4.40. The number of aliphatic hydroxyl groups excluding tert-OH is 1. The molecule has 1 saturated heterocycles. The molecule has 0 radical (unpaired) electrons. The molecule has 6 nitrogen and oxygen atoms in total. The third-order valence-electron chi connectivity index (χ3n) is 6.20. The molecule has 0 spiro atoms. The number of likely N-dealkylation sites (tertiary alicyclic amines) is 1. The smallest absolute Gasteiger partial charge is 0.137 e. The van der Waals surface area contributed by atoms with Crippen molar-refractivity contribution >= 4 is 16.9 Å². The molecule has 3 aromatic rings. The van der Waals surface area contributed by atoms with Crippen molar-refractivity contribution in [3.8, 4) is 5.75 Å². The first-order chi connectivity index (χ1) is 16.1. The Balaban J connectivity index is 1.48. The van der Waals surface area contributed by atoms with E-state index in [0.717, 1.165) is 28.7 Å². The number of aliphatic hydroxyl groups is 1. The first-order valence-electron chi connectivity index (χ1n) is 11.5. The van der Waals surface area contributed by atoms with Crippen LogP contribution in [-0.4, -0.2) is 48.5 Å². The second-order valence-corrected chi connectivity index (χ2v) is 8.49. The van der Waals surface area contributed by atoms with Crippen LogP contribution in [-0.2, 0) is 11.3 Å². The molecular formula is C27H30NO5-. The number of carbonyl (C=O) groups is 1. The molecule has 1 aliphatic rings. The minimum Gasteiger partial charge on any atom is -0.530 e. The van der Waals surface area contributed by atoms with Crippen molar-refractivity contribution in [3.05, 3.63) is 77.9 Å². The van der Waals surface area contributed by atoms with Crippen LogP contribution in [0.5, 0.6) is 5.75 Å². The quantitative estimate of drug-likeness (QED) is 0.505. The molecule has 3 aromatic carbocycles. The Labute approximate surface area is 194 Å². The zero-order valence-electron chi connectivity index (χ0n) is 18.7. The van der Waals surface area contributed by atoms with Crippen LogP contribution in [0.3, 0.4) is 0 Å². The van der Waals surface area contributed by atoms with Gasteiger partial charge in [-0.3, -0.25) is 0 Å². The largest absolute Gasteiger partial charge is 0.530 e. The highest BCUT2D eigenvalue weighted by Crippen LogP contribution is 2.33. The fraction of sp³-hybridized carbons (Fsp3) is 0.370. The van der Waals surface area contributed by atoms with Crippen LogP contribution < -0.4 is 9.84 Å². The van der Waals surface area contributed by atoms with E-state index in [2.05, 4.69) is 30.3 Å². The third kappa shape index (κ3) is 6.03. The van der Waals surface area contributed by atoms with Gasteiger partial charge in [0.25, 0.3) is 0 Å². The Hall–Kier alpha value is -3.09. The van der Waals surface area contributed by atoms with Crippen molar-refractivity contribution < 1.29 is 24.5 Å². The maximum atomic E-state index is 11.5. The summed E-state index contributed by atoms with van der Waals surface area (Å²) in [7, 11) is 0. The second-order valence-electron chi connectivity index (χ2n) is 8.49. The topological polar surface area (TPSA) is 82.1 Å². The molecule has 0 bridgehead atoms. The lowest BCUT2D eigenvalue weighted by atomic mass is 9.87. The lowest BCUT2D eigenvalue weighted by Crippen LogP contribution is -2.51. The minimum atomic E-state index is -1.16. The minimum absolute atomic E-state index is 0.0575. The molecule has 33 heavy (non-hydrogen) atoms. The lowest BCUT2D eigenvalue weighted by molar-refractivity contribution is -0.268. The van der Waals surface area contributed by atoms with Gasteiger partial charge >= 0.3 is 0 Å². The van der Waals surface area contributed by atoms with Gasteiger partial charge in [-0.05, 0) is 59.4 Å². The van der Waals surface area contributed by atoms with Gasteiger partial charge in [-0.25, -0.2) is 0 Å². The SMILES string of the molecule is O=C([O-])N1CCC(c2cccc(OCCCCO)c2)C(OCc2ccc3ccccc3c2)C1. The van der Waals surface area contributed by atoms with Crippen LogP contribution in [0.25, 0.3) is 10.8 Å². The van der Waals surface area contributed by atoms with E-state index in [0.29, 0.717) is 32.6 Å². The Kier molecular flexibility index (Phi) is 7.81. The molecule has 0 saturated carbocycles. The summed E-state index contributed by atoms with van der Waals surface area (Å²) in [6, 6.07) is 22.4. The summed E-state index contributed by atoms with van der Waals surface area (Å²) in [6.07, 6.45) is 0.722. The molecule has 6 heteroatoms. The van der Waals surface area contributed by atoms with Crippen molar-refractivity contribution in [3.63, 3.8) is 0 Å². The average molecular weight is 449 g/mol. The van der Waals surface area contributed by atoms with Crippen LogP contribution in [0.15, 0.2) is 66.7 Å². The van der Waals surface area contributed by atoms with Gasteiger partial charge in [-0.15, -0.1) is 0 Å². The number of piperidine rings is 1. The Morgan fingerprint density at radius 2 is 1.88 bits per heavy atom. The third-order valence-corrected chi connectivity index (χ3v) is 6.20. The van der Waals surface area contributed by atoms with E-state index in [4.69, 9.17) is 14.6 Å². The van der Waals surface area contributed by atoms with Gasteiger partial charge in [0.2, 0.25) is 0 Å². The highest BCUT2D eigenvalue weighted by atomic mass is 16.5. The Morgan fingerprint density at radius 3 is 2.70 bits per heavy atom. The predicted octanol–water partition coefficient (Wildman–Crippen LogP) is 3.71. The predicted molar refractivity (Wildman–Crippen MR) is 125 cm³/mol. The summed E-state index contributed by atoms with van der Waals surface area (Å²) in [5.41, 5.74) is 2.13. The number of unbranched alkanes of at least 4 members (excludes halogenated alkanes) is 1. The van der Waals surface area contributed by atoms with Crippen LogP contribution in [0.4, 0.5) is 4.79 Å². The molecule has 174 valence electrons. The van der Waals surface area contributed by atoms with Gasteiger partial charge in [0.05, 0.1) is 19.3 Å². The summed E-state index contributed by atoms with van der Waals surface area (Å²) >= 11 is 0. The summed E-state index contributed by atoms with van der Waals surface area (Å²) in [6.45, 7) is 1.82. The molecule has 2 unspecified atom stereocenters. The maximum absolute atomic E-state index is 11.5. The van der Waals surface area contributed by atoms with Gasteiger partial charge in [-0.1, -0.05) is 48.5 Å². The molecule has 2 atom stereocenters. The molecule has 0 aromatic heterocycles. The number of hydrogen-bond donors (Lipinski definition) is 1. The molecule has 1 N–H and O–H groups in total. The maximum Gasteiger partial charge on any atom is 0.137 e. The molecule has 0 aliphatic carbocycles. The number of fused-ring (bicyclic) bond motifs is 1. The van der Waals surface area contributed by atoms with E-state index in [-0.39, 0.29) is 25.2 Å². The van der Waals surface area contributed by atoms with E-state index < -0.39 is 6.09 Å². The summed E-state index contributed by atoms with van der Waals surface area (Å²) < 4.78 is 12.2. The number of nitrogens with zero attached hydrogens (tertiary/aromatic N) is 1. The van der Waals surface area contributed by atoms with Gasteiger partial charge in [0, 0.05) is 25.6 Å². The molecule has 4 rings (SSSR count). The van der Waals surface area contributed by atoms with Crippen molar-refractivity contribution in [2.75, 3.05) is 26.3 Å². The molecular weight excluding hydrogens is 418 g/mol. The molecule has 1 fully saturated rings. The van der Waals surface area contributed by atoms with E-state index in [1.54, 1.807) is 0 Å². The zero-order valence-corrected chi connectivity index (χ0v) is 18.7. The summed E-state index contributed by atoms with van der Waals surface area (Å²) in [5, 5.41) is 22.8. The summed E-state index contributed by atoms with van der Waals surface area (Å²) in [5.74, 6) is 0.836. The van der Waals surface area contributed by atoms with Gasteiger partial charge in [0.15, 0.2) is 0 Å². The van der Waals surface area contributed by atoms with E-state index in [1.165, 1.54) is 10.3 Å². The Bertz CT molecular complexity index is 1070. The number of rotatable bonds is 9. The zero-order chi connectivity index (χ0) is 23.0. The Morgan fingerprint density at radius 1 is 1.03 bits per heavy atom. The van der Waals surface area contributed by atoms with Crippen LogP contribution in [0.2, 0.25) is 0 Å². The molecule has 1 amide bonds. The normalized spacial score (nSPS) is 18.4. The van der Waals surface area contributed by atoms with Crippen molar-refractivity contribution in [2.45, 2.75) is 37.9 Å². The summed E-state index contributed by atoms with van der Waals surface area (Å²) in [4.78, 5) is 12.8. The average Bonchev–Trinajstić information content (AvgIpc) is 2.85. The number of carbonyl (C=O) groups excluding carboxylic acids is 1. The van der Waals surface area contributed by atoms with Gasteiger partial charge < -0.3 is 29.4 Å². The van der Waals surface area contributed by atoms with E-state index in [1.807, 2.05) is 36.4 Å². The van der Waals surface area contributed by atoms with Crippen LogP contribution in [0, 0.1) is 0 Å². The first-order valence-corrected chi connectivity index (χ1v) is 11.5. The second kappa shape index (κ2) is 11.2.